The summed E-state index contributed by atoms with van der Waals surface area (Å²) < 4.78 is 24.1. The van der Waals surface area contributed by atoms with Crippen LogP contribution in [-0.2, 0) is 16.8 Å². The van der Waals surface area contributed by atoms with Gasteiger partial charge < -0.3 is 16.8 Å². The molecule has 4 nitrogen and oxygen atoms in total. The predicted octanol–water partition coefficient (Wildman–Crippen LogP) is 1.85. The average molecular weight is 313 g/mol. The molecule has 0 rings (SSSR count). The summed E-state index contributed by atoms with van der Waals surface area (Å²) in [5, 5.41) is 0. The Hall–Kier alpha value is 0.708. The van der Waals surface area contributed by atoms with Crippen LogP contribution in [0.15, 0.2) is 0 Å². The van der Waals surface area contributed by atoms with Gasteiger partial charge >= 0.3 is 9.05 Å². The van der Waals surface area contributed by atoms with E-state index < -0.39 is 36.2 Å². The van der Waals surface area contributed by atoms with E-state index in [1.165, 1.54) is 0 Å². The third kappa shape index (κ3) is 8.43. The maximum Gasteiger partial charge on any atom is 0.647 e. The molecule has 104 valence electrons. The van der Waals surface area contributed by atoms with Crippen molar-refractivity contribution in [3.63, 3.8) is 0 Å². The molecule has 0 N–H and O–H groups in total. The molecule has 0 aliphatic carbocycles. The van der Waals surface area contributed by atoms with Gasteiger partial charge in [0, 0.05) is 6.10 Å². The highest BCUT2D eigenvalue weighted by atomic mass is 28.5. The van der Waals surface area contributed by atoms with Crippen LogP contribution in [0.1, 0.15) is 13.8 Å². The van der Waals surface area contributed by atoms with Crippen LogP contribution in [0.5, 0.6) is 0 Å². The highest BCUT2D eigenvalue weighted by molar-refractivity contribution is 6.76. The molecule has 8 heteroatoms. The molecule has 0 fully saturated rings. The van der Waals surface area contributed by atoms with Crippen molar-refractivity contribution in [3.05, 3.63) is 0 Å². The van der Waals surface area contributed by atoms with Crippen LogP contribution < -0.4 is 0 Å². The molecule has 0 atom stereocenters. The molecular weight excluding hydrogens is 284 g/mol. The number of hydrogen-bond acceptors (Lipinski definition) is 4. The highest BCUT2D eigenvalue weighted by Crippen LogP contribution is 2.18. The van der Waals surface area contributed by atoms with Crippen molar-refractivity contribution in [1.29, 1.82) is 0 Å². The lowest BCUT2D eigenvalue weighted by Crippen LogP contribution is -2.56. The third-order valence-electron chi connectivity index (χ3n) is 1.52. The monoisotopic (exact) mass is 312 g/mol. The first-order valence-corrected chi connectivity index (χ1v) is 16.4. The zero-order valence-electron chi connectivity index (χ0n) is 12.4. The molecule has 0 aromatic carbocycles. The average Bonchev–Trinajstić information content (AvgIpc) is 1.95. The summed E-state index contributed by atoms with van der Waals surface area (Å²) in [6, 6.07) is 0. The van der Waals surface area contributed by atoms with E-state index in [9.17, 15) is 0 Å². The molecule has 0 saturated heterocycles. The van der Waals surface area contributed by atoms with Crippen LogP contribution in [0.2, 0.25) is 39.3 Å². The summed E-state index contributed by atoms with van der Waals surface area (Å²) in [4.78, 5) is 0. The van der Waals surface area contributed by atoms with Gasteiger partial charge in [0.05, 0.1) is 0 Å². The van der Waals surface area contributed by atoms with Gasteiger partial charge in [-0.3, -0.25) is 0 Å². The minimum absolute atomic E-state index is 0.0786. The van der Waals surface area contributed by atoms with E-state index in [0.29, 0.717) is 0 Å². The second kappa shape index (κ2) is 7.99. The predicted molar refractivity (Wildman–Crippen MR) is 81.9 cm³/mol. The molecule has 0 spiro atoms. The van der Waals surface area contributed by atoms with Gasteiger partial charge in [0.15, 0.2) is 27.1 Å². The summed E-state index contributed by atoms with van der Waals surface area (Å²) in [5.41, 5.74) is 0. The van der Waals surface area contributed by atoms with Crippen molar-refractivity contribution in [2.45, 2.75) is 59.2 Å². The molecule has 0 aliphatic heterocycles. The maximum atomic E-state index is 6.05. The third-order valence-corrected chi connectivity index (χ3v) is 11.4. The standard InChI is InChI=1S/C9H28O4Si4/c1-9(2)10-17(11-14(3)4,12-15(5)6)13-16(7)8/h9,14-16H,1-8H3. The first-order chi connectivity index (χ1) is 7.67. The van der Waals surface area contributed by atoms with E-state index in [-0.39, 0.29) is 6.10 Å². The minimum atomic E-state index is -2.86. The minimum Gasteiger partial charge on any atom is -0.398 e. The molecule has 17 heavy (non-hydrogen) atoms. The molecule has 0 amide bonds. The lowest BCUT2D eigenvalue weighted by molar-refractivity contribution is 0.0610. The van der Waals surface area contributed by atoms with Crippen LogP contribution in [0.3, 0.4) is 0 Å². The second-order valence-corrected chi connectivity index (χ2v) is 15.5. The fraction of sp³-hybridized carbons (Fsp3) is 1.00. The Bertz CT molecular complexity index is 166. The van der Waals surface area contributed by atoms with Crippen molar-refractivity contribution in [1.82, 2.24) is 0 Å². The van der Waals surface area contributed by atoms with E-state index in [2.05, 4.69) is 39.3 Å². The Morgan fingerprint density at radius 2 is 1.00 bits per heavy atom. The van der Waals surface area contributed by atoms with Crippen LogP contribution in [0, 0.1) is 0 Å². The smallest absolute Gasteiger partial charge is 0.398 e. The van der Waals surface area contributed by atoms with Gasteiger partial charge in [-0.1, -0.05) is 0 Å². The van der Waals surface area contributed by atoms with Crippen molar-refractivity contribution in [2.24, 2.45) is 0 Å². The van der Waals surface area contributed by atoms with E-state index in [4.69, 9.17) is 16.8 Å². The van der Waals surface area contributed by atoms with E-state index in [0.717, 1.165) is 0 Å². The lowest BCUT2D eigenvalue weighted by Gasteiger charge is -2.34. The van der Waals surface area contributed by atoms with Gasteiger partial charge in [-0.25, -0.2) is 0 Å². The van der Waals surface area contributed by atoms with Crippen molar-refractivity contribution in [2.75, 3.05) is 0 Å². The van der Waals surface area contributed by atoms with Gasteiger partial charge in [0.1, 0.15) is 0 Å². The molecule has 0 aliphatic rings. The van der Waals surface area contributed by atoms with Crippen molar-refractivity contribution < 1.29 is 16.8 Å². The van der Waals surface area contributed by atoms with Gasteiger partial charge in [0.2, 0.25) is 0 Å². The van der Waals surface area contributed by atoms with E-state index >= 15 is 0 Å². The van der Waals surface area contributed by atoms with Gasteiger partial charge in [-0.15, -0.1) is 0 Å². The second-order valence-electron chi connectivity index (χ2n) is 5.17. The zero-order chi connectivity index (χ0) is 13.6. The maximum absolute atomic E-state index is 6.05. The van der Waals surface area contributed by atoms with Gasteiger partial charge in [-0.2, -0.15) is 0 Å². The molecule has 0 heterocycles. The largest absolute Gasteiger partial charge is 0.647 e. The van der Waals surface area contributed by atoms with Crippen LogP contribution in [0.25, 0.3) is 0 Å². The molecule has 0 bridgehead atoms. The first kappa shape index (κ1) is 17.7. The lowest BCUT2D eigenvalue weighted by atomic mass is 10.5. The van der Waals surface area contributed by atoms with Crippen LogP contribution >= 0.6 is 0 Å². The molecule has 0 unspecified atom stereocenters. The zero-order valence-corrected chi connectivity index (χ0v) is 16.9. The number of hydrogen-bond donors (Lipinski definition) is 0. The topological polar surface area (TPSA) is 36.9 Å². The summed E-state index contributed by atoms with van der Waals surface area (Å²) in [7, 11) is -6.59. The fourth-order valence-corrected chi connectivity index (χ4v) is 11.7. The molecule has 0 aromatic heterocycles. The first-order valence-electron chi connectivity index (χ1n) is 6.38. The number of rotatable bonds is 8. The van der Waals surface area contributed by atoms with E-state index in [1.807, 2.05) is 13.8 Å². The van der Waals surface area contributed by atoms with Gasteiger partial charge in [-0.05, 0) is 53.1 Å². The van der Waals surface area contributed by atoms with Crippen molar-refractivity contribution >= 4 is 36.2 Å². The Morgan fingerprint density at radius 3 is 1.18 bits per heavy atom. The van der Waals surface area contributed by atoms with Gasteiger partial charge in [0.25, 0.3) is 0 Å². The summed E-state index contributed by atoms with van der Waals surface area (Å²) >= 11 is 0. The van der Waals surface area contributed by atoms with Crippen molar-refractivity contribution in [3.8, 4) is 0 Å². The molecular formula is C9H28O4Si4. The molecule has 0 aromatic rings. The quantitative estimate of drug-likeness (QED) is 0.641. The Labute approximate surface area is 112 Å². The summed E-state index contributed by atoms with van der Waals surface area (Å²) in [6.07, 6.45) is 0.0786. The fourth-order valence-electron chi connectivity index (χ4n) is 1.32. The van der Waals surface area contributed by atoms with Crippen LogP contribution in [-0.4, -0.2) is 42.3 Å². The van der Waals surface area contributed by atoms with Crippen LogP contribution in [0.4, 0.5) is 0 Å². The Kier molecular flexibility index (Phi) is 8.33. The normalized spacial score (nSPS) is 13.4. The Balaban J connectivity index is 4.89. The molecule has 0 radical (unpaired) electrons. The van der Waals surface area contributed by atoms with E-state index in [1.54, 1.807) is 0 Å². The summed E-state index contributed by atoms with van der Waals surface area (Å²) in [6.45, 7) is 16.8. The highest BCUT2D eigenvalue weighted by Gasteiger charge is 2.47. The molecule has 0 saturated carbocycles. The Morgan fingerprint density at radius 1 is 0.706 bits per heavy atom. The SMILES string of the molecule is CC(C)O[Si](O[SiH](C)C)(O[SiH](C)C)O[SiH](C)C. The summed E-state index contributed by atoms with van der Waals surface area (Å²) in [5.74, 6) is 0.